The fourth-order valence-electron chi connectivity index (χ4n) is 1.54. The van der Waals surface area contributed by atoms with E-state index in [2.05, 4.69) is 0 Å². The van der Waals surface area contributed by atoms with E-state index in [0.29, 0.717) is 0 Å². The maximum absolute atomic E-state index is 11.3. The van der Waals surface area contributed by atoms with E-state index >= 15 is 0 Å². The van der Waals surface area contributed by atoms with Crippen LogP contribution >= 0.6 is 0 Å². The first-order valence-electron chi connectivity index (χ1n) is 4.13. The van der Waals surface area contributed by atoms with Gasteiger partial charge in [-0.1, -0.05) is 36.4 Å². The predicted molar refractivity (Wildman–Crippen MR) is 47.9 cm³/mol. The fraction of sp³-hybridized carbons (Fsp3) is 0.182. The van der Waals surface area contributed by atoms with Crippen molar-refractivity contribution in [3.05, 3.63) is 48.0 Å². The lowest BCUT2D eigenvalue weighted by Gasteiger charge is -2.06. The quantitative estimate of drug-likeness (QED) is 0.613. The largest absolute Gasteiger partial charge is 0.294 e. The molecule has 0 aromatic heterocycles. The van der Waals surface area contributed by atoms with Crippen LogP contribution < -0.4 is 0 Å². The molecule has 0 fully saturated rings. The van der Waals surface area contributed by atoms with E-state index in [1.54, 1.807) is 6.08 Å². The van der Waals surface area contributed by atoms with Gasteiger partial charge in [0.2, 0.25) is 0 Å². The van der Waals surface area contributed by atoms with Crippen LogP contribution in [0.25, 0.3) is 0 Å². The molecular weight excluding hydrogens is 148 g/mol. The van der Waals surface area contributed by atoms with Crippen LogP contribution in [-0.2, 0) is 4.79 Å². The topological polar surface area (TPSA) is 17.1 Å². The van der Waals surface area contributed by atoms with E-state index in [1.807, 2.05) is 36.4 Å². The Bertz CT molecular complexity index is 311. The molecule has 0 amide bonds. The second kappa shape index (κ2) is 2.94. The van der Waals surface area contributed by atoms with Crippen molar-refractivity contribution in [2.24, 2.45) is 0 Å². The summed E-state index contributed by atoms with van der Waals surface area (Å²) in [5, 5.41) is 0. The standard InChI is InChI=1S/C11H10O/c12-11-8-4-7-10(11)9-5-2-1-3-6-9/h1-6,8,10H,7H2. The highest BCUT2D eigenvalue weighted by Gasteiger charge is 2.20. The first-order valence-corrected chi connectivity index (χ1v) is 4.13. The van der Waals surface area contributed by atoms with Crippen LogP contribution in [0, 0.1) is 0 Å². The molecule has 1 aromatic carbocycles. The number of rotatable bonds is 1. The van der Waals surface area contributed by atoms with Gasteiger partial charge in [0.15, 0.2) is 5.78 Å². The number of allylic oxidation sites excluding steroid dienone is 2. The van der Waals surface area contributed by atoms with E-state index in [1.165, 1.54) is 0 Å². The van der Waals surface area contributed by atoms with E-state index in [9.17, 15) is 4.79 Å². The SMILES string of the molecule is O=C1C=CCC1c1ccccc1. The van der Waals surface area contributed by atoms with Crippen LogP contribution in [0.4, 0.5) is 0 Å². The molecule has 0 heterocycles. The smallest absolute Gasteiger partial charge is 0.163 e. The molecule has 1 nitrogen and oxygen atoms in total. The Morgan fingerprint density at radius 3 is 2.50 bits per heavy atom. The molecule has 0 aliphatic heterocycles. The zero-order chi connectivity index (χ0) is 8.39. The normalized spacial score (nSPS) is 21.7. The second-order valence-electron chi connectivity index (χ2n) is 3.00. The molecule has 0 spiro atoms. The van der Waals surface area contributed by atoms with Gasteiger partial charge in [0.05, 0.1) is 5.92 Å². The second-order valence-corrected chi connectivity index (χ2v) is 3.00. The molecule has 0 radical (unpaired) electrons. The Kier molecular flexibility index (Phi) is 1.78. The van der Waals surface area contributed by atoms with E-state index < -0.39 is 0 Å². The summed E-state index contributed by atoms with van der Waals surface area (Å²) in [5.74, 6) is 0.326. The average Bonchev–Trinajstić information content (AvgIpc) is 2.53. The van der Waals surface area contributed by atoms with Crippen LogP contribution in [0.15, 0.2) is 42.5 Å². The van der Waals surface area contributed by atoms with Gasteiger partial charge in [0, 0.05) is 0 Å². The summed E-state index contributed by atoms with van der Waals surface area (Å²) in [4.78, 5) is 11.3. The number of ketones is 1. The van der Waals surface area contributed by atoms with Gasteiger partial charge in [-0.25, -0.2) is 0 Å². The first-order chi connectivity index (χ1) is 5.88. The lowest BCUT2D eigenvalue weighted by Crippen LogP contribution is -2.03. The van der Waals surface area contributed by atoms with Crippen LogP contribution in [0.1, 0.15) is 17.9 Å². The Labute approximate surface area is 71.7 Å². The van der Waals surface area contributed by atoms with Gasteiger partial charge in [-0.3, -0.25) is 4.79 Å². The van der Waals surface area contributed by atoms with Crippen molar-refractivity contribution in [3.63, 3.8) is 0 Å². The molecule has 60 valence electrons. The van der Waals surface area contributed by atoms with Crippen LogP contribution in [0.5, 0.6) is 0 Å². The number of hydrogen-bond donors (Lipinski definition) is 0. The summed E-state index contributed by atoms with van der Waals surface area (Å²) < 4.78 is 0. The number of carbonyl (C=O) groups excluding carboxylic acids is 1. The van der Waals surface area contributed by atoms with E-state index in [0.717, 1.165) is 12.0 Å². The zero-order valence-corrected chi connectivity index (χ0v) is 6.73. The van der Waals surface area contributed by atoms with Crippen molar-refractivity contribution in [1.82, 2.24) is 0 Å². The zero-order valence-electron chi connectivity index (χ0n) is 6.73. The third-order valence-electron chi connectivity index (χ3n) is 2.20. The predicted octanol–water partition coefficient (Wildman–Crippen LogP) is 2.30. The van der Waals surface area contributed by atoms with Gasteiger partial charge >= 0.3 is 0 Å². The van der Waals surface area contributed by atoms with Crippen LogP contribution in [-0.4, -0.2) is 5.78 Å². The van der Waals surface area contributed by atoms with Crippen LogP contribution in [0.3, 0.4) is 0 Å². The Morgan fingerprint density at radius 1 is 1.17 bits per heavy atom. The lowest BCUT2D eigenvalue weighted by molar-refractivity contribution is -0.115. The molecule has 0 N–H and O–H groups in total. The summed E-state index contributed by atoms with van der Waals surface area (Å²) >= 11 is 0. The summed E-state index contributed by atoms with van der Waals surface area (Å²) in [6.45, 7) is 0. The third-order valence-corrected chi connectivity index (χ3v) is 2.20. The summed E-state index contributed by atoms with van der Waals surface area (Å²) in [6, 6.07) is 9.93. The molecule has 1 unspecified atom stereocenters. The Balaban J connectivity index is 2.27. The number of carbonyl (C=O) groups is 1. The third kappa shape index (κ3) is 1.18. The summed E-state index contributed by atoms with van der Waals surface area (Å²) in [7, 11) is 0. The van der Waals surface area contributed by atoms with Gasteiger partial charge < -0.3 is 0 Å². The van der Waals surface area contributed by atoms with Crippen molar-refractivity contribution >= 4 is 5.78 Å². The van der Waals surface area contributed by atoms with Crippen molar-refractivity contribution in [3.8, 4) is 0 Å². The van der Waals surface area contributed by atoms with Crippen molar-refractivity contribution in [2.45, 2.75) is 12.3 Å². The van der Waals surface area contributed by atoms with Gasteiger partial charge in [0.1, 0.15) is 0 Å². The summed E-state index contributed by atoms with van der Waals surface area (Å²) in [5.41, 5.74) is 1.13. The van der Waals surface area contributed by atoms with Crippen LogP contribution in [0.2, 0.25) is 0 Å². The van der Waals surface area contributed by atoms with E-state index in [-0.39, 0.29) is 11.7 Å². The highest BCUT2D eigenvalue weighted by Crippen LogP contribution is 2.25. The van der Waals surface area contributed by atoms with Crippen molar-refractivity contribution in [1.29, 1.82) is 0 Å². The monoisotopic (exact) mass is 158 g/mol. The lowest BCUT2D eigenvalue weighted by atomic mass is 9.96. The molecule has 1 aliphatic rings. The molecule has 1 aliphatic carbocycles. The maximum atomic E-state index is 11.3. The molecule has 0 saturated heterocycles. The number of benzene rings is 1. The highest BCUT2D eigenvalue weighted by atomic mass is 16.1. The molecule has 1 aromatic rings. The number of hydrogen-bond acceptors (Lipinski definition) is 1. The molecule has 0 saturated carbocycles. The van der Waals surface area contributed by atoms with Gasteiger partial charge in [-0.2, -0.15) is 0 Å². The molecule has 2 rings (SSSR count). The minimum absolute atomic E-state index is 0.0891. The summed E-state index contributed by atoms with van der Waals surface area (Å²) in [6.07, 6.45) is 4.49. The van der Waals surface area contributed by atoms with E-state index in [4.69, 9.17) is 0 Å². The highest BCUT2D eigenvalue weighted by molar-refractivity contribution is 5.97. The van der Waals surface area contributed by atoms with Crippen molar-refractivity contribution < 1.29 is 4.79 Å². The Hall–Kier alpha value is -1.37. The maximum Gasteiger partial charge on any atom is 0.163 e. The van der Waals surface area contributed by atoms with Crippen molar-refractivity contribution in [2.75, 3.05) is 0 Å². The molecular formula is C11H10O. The van der Waals surface area contributed by atoms with Gasteiger partial charge in [-0.05, 0) is 18.1 Å². The average molecular weight is 158 g/mol. The molecule has 1 heteroatoms. The van der Waals surface area contributed by atoms with Gasteiger partial charge in [-0.15, -0.1) is 0 Å². The minimum Gasteiger partial charge on any atom is -0.294 e. The minimum atomic E-state index is 0.0891. The fourth-order valence-corrected chi connectivity index (χ4v) is 1.54. The van der Waals surface area contributed by atoms with Gasteiger partial charge in [0.25, 0.3) is 0 Å². The molecule has 1 atom stereocenters. The molecule has 12 heavy (non-hydrogen) atoms. The molecule has 0 bridgehead atoms. The first kappa shape index (κ1) is 7.29. The Morgan fingerprint density at radius 2 is 1.92 bits per heavy atom.